The van der Waals surface area contributed by atoms with Crippen molar-refractivity contribution in [3.8, 4) is 0 Å². The Balaban J connectivity index is 2.03. The first-order chi connectivity index (χ1) is 9.24. The molecule has 2 aromatic heterocycles. The largest absolute Gasteiger partial charge is 0.440 e. The van der Waals surface area contributed by atoms with Crippen LogP contribution in [0.4, 0.5) is 0 Å². The number of aryl methyl sites for hydroxylation is 2. The molecule has 2 heterocycles. The third kappa shape index (κ3) is 2.49. The van der Waals surface area contributed by atoms with E-state index < -0.39 is 0 Å². The van der Waals surface area contributed by atoms with Gasteiger partial charge < -0.3 is 10.2 Å². The minimum absolute atomic E-state index is 0.0370. The molecule has 19 heavy (non-hydrogen) atoms. The molecule has 0 spiro atoms. The molecule has 3 N–H and O–H groups in total. The van der Waals surface area contributed by atoms with Crippen LogP contribution >= 0.6 is 11.8 Å². The van der Waals surface area contributed by atoms with Gasteiger partial charge in [-0.15, -0.1) is 0 Å². The average molecular weight is 274 g/mol. The van der Waals surface area contributed by atoms with Gasteiger partial charge in [0.15, 0.2) is 0 Å². The van der Waals surface area contributed by atoms with Crippen molar-refractivity contribution in [1.82, 2.24) is 9.97 Å². The predicted octanol–water partition coefficient (Wildman–Crippen LogP) is 2.38. The quantitative estimate of drug-likeness (QED) is 0.662. The zero-order chi connectivity index (χ0) is 13.2. The molecule has 0 atom stereocenters. The van der Waals surface area contributed by atoms with Crippen molar-refractivity contribution in [3.63, 3.8) is 0 Å². The van der Waals surface area contributed by atoms with Crippen molar-refractivity contribution in [2.24, 2.45) is 5.73 Å². The summed E-state index contributed by atoms with van der Waals surface area (Å²) < 4.78 is 5.22. The molecule has 98 valence electrons. The summed E-state index contributed by atoms with van der Waals surface area (Å²) in [6.45, 7) is 0. The molecule has 5 nitrogen and oxygen atoms in total. The lowest BCUT2D eigenvalue weighted by atomic mass is 9.95. The van der Waals surface area contributed by atoms with Gasteiger partial charge >= 0.3 is 0 Å². The monoisotopic (exact) mass is 274 g/mol. The van der Waals surface area contributed by atoms with E-state index in [9.17, 15) is 0 Å². The fraction of sp³-hybridized carbons (Fsp3) is 0.308. The summed E-state index contributed by atoms with van der Waals surface area (Å²) in [7, 11) is 0. The first kappa shape index (κ1) is 12.2. The van der Waals surface area contributed by atoms with Crippen molar-refractivity contribution >= 4 is 17.6 Å². The number of nitrogens with zero attached hydrogens (tertiary/aromatic N) is 2. The van der Waals surface area contributed by atoms with E-state index in [2.05, 4.69) is 9.97 Å². The van der Waals surface area contributed by atoms with Crippen LogP contribution in [0.3, 0.4) is 0 Å². The van der Waals surface area contributed by atoms with Gasteiger partial charge in [0.2, 0.25) is 0 Å². The number of fused-ring (bicyclic) bond motifs is 1. The molecule has 0 saturated carbocycles. The Morgan fingerprint density at radius 2 is 2.21 bits per heavy atom. The Kier molecular flexibility index (Phi) is 3.25. The Morgan fingerprint density at radius 1 is 1.37 bits per heavy atom. The topological polar surface area (TPSA) is 88.8 Å². The van der Waals surface area contributed by atoms with Gasteiger partial charge in [-0.2, -0.15) is 0 Å². The minimum atomic E-state index is 0.0370. The van der Waals surface area contributed by atoms with Crippen molar-refractivity contribution in [2.75, 3.05) is 0 Å². The molecular weight excluding hydrogens is 260 g/mol. The first-order valence-corrected chi connectivity index (χ1v) is 7.00. The van der Waals surface area contributed by atoms with Crippen LogP contribution in [0.1, 0.15) is 29.7 Å². The molecule has 1 aliphatic rings. The fourth-order valence-corrected chi connectivity index (χ4v) is 3.05. The second-order valence-electron chi connectivity index (χ2n) is 4.47. The molecule has 0 amide bonds. The molecular formula is C13H14N4OS. The molecule has 3 rings (SSSR count). The lowest BCUT2D eigenvalue weighted by molar-refractivity contribution is 0.454. The Bertz CT molecular complexity index is 609. The van der Waals surface area contributed by atoms with Gasteiger partial charge in [-0.3, -0.25) is 5.41 Å². The van der Waals surface area contributed by atoms with Gasteiger partial charge in [-0.1, -0.05) is 0 Å². The predicted molar refractivity (Wildman–Crippen MR) is 72.5 cm³/mol. The highest BCUT2D eigenvalue weighted by Crippen LogP contribution is 2.31. The first-order valence-electron chi connectivity index (χ1n) is 6.18. The second-order valence-corrected chi connectivity index (χ2v) is 5.41. The van der Waals surface area contributed by atoms with Crippen LogP contribution in [0.25, 0.3) is 0 Å². The van der Waals surface area contributed by atoms with E-state index >= 15 is 0 Å². The van der Waals surface area contributed by atoms with Crippen molar-refractivity contribution < 1.29 is 4.42 Å². The highest BCUT2D eigenvalue weighted by atomic mass is 32.2. The number of oxazole rings is 1. The van der Waals surface area contributed by atoms with Crippen LogP contribution in [0.5, 0.6) is 0 Å². The number of rotatable bonds is 3. The minimum Gasteiger partial charge on any atom is -0.440 e. The Hall–Kier alpha value is -1.82. The molecule has 0 unspecified atom stereocenters. The zero-order valence-corrected chi connectivity index (χ0v) is 11.2. The molecule has 0 aliphatic heterocycles. The molecule has 0 saturated heterocycles. The zero-order valence-electron chi connectivity index (χ0n) is 10.3. The van der Waals surface area contributed by atoms with Gasteiger partial charge in [-0.25, -0.2) is 9.97 Å². The maximum Gasteiger partial charge on any atom is 0.261 e. The SMILES string of the molecule is N=C(N)c1cc2c(nc1Sc1ncco1)CCCC2. The van der Waals surface area contributed by atoms with Gasteiger partial charge in [0.05, 0.1) is 6.20 Å². The molecule has 1 aliphatic carbocycles. The van der Waals surface area contributed by atoms with Crippen LogP contribution in [0.15, 0.2) is 33.2 Å². The standard InChI is InChI=1S/C13H14N4OS/c14-11(15)9-7-8-3-1-2-4-10(8)17-12(9)19-13-16-5-6-18-13/h5-7H,1-4H2,(H3,14,15). The molecule has 6 heteroatoms. The smallest absolute Gasteiger partial charge is 0.261 e. The van der Waals surface area contributed by atoms with Crippen molar-refractivity contribution in [3.05, 3.63) is 35.3 Å². The number of nitrogens with one attached hydrogen (secondary N) is 1. The molecule has 0 radical (unpaired) electrons. The van der Waals surface area contributed by atoms with Crippen LogP contribution in [-0.4, -0.2) is 15.8 Å². The van der Waals surface area contributed by atoms with Gasteiger partial charge in [0.25, 0.3) is 5.22 Å². The fourth-order valence-electron chi connectivity index (χ4n) is 2.23. The maximum absolute atomic E-state index is 7.70. The Morgan fingerprint density at radius 3 is 2.95 bits per heavy atom. The number of pyridine rings is 1. The number of amidine groups is 1. The summed E-state index contributed by atoms with van der Waals surface area (Å²) in [5, 5.41) is 8.92. The summed E-state index contributed by atoms with van der Waals surface area (Å²) in [5.74, 6) is 0.0370. The second kappa shape index (κ2) is 5.05. The van der Waals surface area contributed by atoms with Crippen molar-refractivity contribution in [1.29, 1.82) is 5.41 Å². The van der Waals surface area contributed by atoms with Crippen LogP contribution in [0.2, 0.25) is 0 Å². The molecule has 0 bridgehead atoms. The average Bonchev–Trinajstić information content (AvgIpc) is 2.90. The van der Waals surface area contributed by atoms with Crippen LogP contribution < -0.4 is 5.73 Å². The molecule has 2 aromatic rings. The van der Waals surface area contributed by atoms with Gasteiger partial charge in [0.1, 0.15) is 17.1 Å². The summed E-state index contributed by atoms with van der Waals surface area (Å²) in [6.07, 6.45) is 7.47. The maximum atomic E-state index is 7.70. The van der Waals surface area contributed by atoms with Crippen LogP contribution in [-0.2, 0) is 12.8 Å². The summed E-state index contributed by atoms with van der Waals surface area (Å²) in [5.41, 5.74) is 8.66. The van der Waals surface area contributed by atoms with Gasteiger partial charge in [0, 0.05) is 11.3 Å². The van der Waals surface area contributed by atoms with Gasteiger partial charge in [-0.05, 0) is 49.1 Å². The van der Waals surface area contributed by atoms with Crippen LogP contribution in [0, 0.1) is 5.41 Å². The Labute approximate surface area is 115 Å². The highest BCUT2D eigenvalue weighted by Gasteiger charge is 2.18. The lowest BCUT2D eigenvalue weighted by Crippen LogP contribution is -2.16. The third-order valence-electron chi connectivity index (χ3n) is 3.15. The van der Waals surface area contributed by atoms with E-state index in [-0.39, 0.29) is 5.84 Å². The van der Waals surface area contributed by atoms with E-state index in [1.54, 1.807) is 6.20 Å². The highest BCUT2D eigenvalue weighted by molar-refractivity contribution is 7.99. The normalized spacial score (nSPS) is 14.1. The summed E-state index contributed by atoms with van der Waals surface area (Å²) in [6, 6.07) is 2.00. The van der Waals surface area contributed by atoms with E-state index in [1.807, 2.05) is 6.07 Å². The molecule has 0 fully saturated rings. The van der Waals surface area contributed by atoms with E-state index in [0.29, 0.717) is 15.8 Å². The summed E-state index contributed by atoms with van der Waals surface area (Å²) in [4.78, 5) is 8.72. The van der Waals surface area contributed by atoms with E-state index in [1.165, 1.54) is 36.4 Å². The number of nitrogen functional groups attached to an aromatic ring is 1. The summed E-state index contributed by atoms with van der Waals surface area (Å²) >= 11 is 1.31. The lowest BCUT2D eigenvalue weighted by Gasteiger charge is -2.17. The number of hydrogen-bond acceptors (Lipinski definition) is 5. The molecule has 0 aromatic carbocycles. The third-order valence-corrected chi connectivity index (χ3v) is 4.03. The number of hydrogen-bond donors (Lipinski definition) is 2. The number of nitrogens with two attached hydrogens (primary N) is 1. The van der Waals surface area contributed by atoms with E-state index in [0.717, 1.165) is 18.5 Å². The van der Waals surface area contributed by atoms with E-state index in [4.69, 9.17) is 15.6 Å². The van der Waals surface area contributed by atoms with Crippen molar-refractivity contribution in [2.45, 2.75) is 35.9 Å². The number of aromatic nitrogens is 2.